The van der Waals surface area contributed by atoms with Crippen molar-refractivity contribution in [1.82, 2.24) is 10.2 Å². The molecule has 1 unspecified atom stereocenters. The Bertz CT molecular complexity index is 600. The van der Waals surface area contributed by atoms with Crippen LogP contribution in [0.3, 0.4) is 0 Å². The molecule has 0 amide bonds. The highest BCUT2D eigenvalue weighted by molar-refractivity contribution is 8.01. The number of nitrogens with two attached hydrogens (primary N) is 1. The van der Waals surface area contributed by atoms with E-state index >= 15 is 0 Å². The van der Waals surface area contributed by atoms with Crippen LogP contribution in [0.15, 0.2) is 27.4 Å². The lowest BCUT2D eigenvalue weighted by Gasteiger charge is -2.13. The van der Waals surface area contributed by atoms with Gasteiger partial charge in [-0.2, -0.15) is 0 Å². The third kappa shape index (κ3) is 4.32. The molecular formula is C14H19ClN4S2. The molecule has 0 spiro atoms. The summed E-state index contributed by atoms with van der Waals surface area (Å²) in [6.45, 7) is 2.09. The van der Waals surface area contributed by atoms with E-state index in [0.717, 1.165) is 37.8 Å². The second-order valence-corrected chi connectivity index (χ2v) is 7.59. The number of hydrogen-bond donors (Lipinski definition) is 1. The van der Waals surface area contributed by atoms with Crippen molar-refractivity contribution in [2.45, 2.75) is 35.0 Å². The van der Waals surface area contributed by atoms with Crippen LogP contribution in [-0.2, 0) is 6.42 Å². The summed E-state index contributed by atoms with van der Waals surface area (Å²) in [6, 6.07) is 6.05. The first-order chi connectivity index (χ1) is 10.0. The molecule has 1 aromatic heterocycles. The Morgan fingerprint density at radius 1 is 1.38 bits per heavy atom. The number of hydrogen-bond acceptors (Lipinski definition) is 6. The fraction of sp³-hybridized carbons (Fsp3) is 0.429. The van der Waals surface area contributed by atoms with Crippen molar-refractivity contribution in [3.8, 4) is 0 Å². The average molecular weight is 343 g/mol. The van der Waals surface area contributed by atoms with Crippen LogP contribution in [-0.4, -0.2) is 30.3 Å². The van der Waals surface area contributed by atoms with E-state index in [1.54, 1.807) is 23.1 Å². The van der Waals surface area contributed by atoms with Gasteiger partial charge in [-0.1, -0.05) is 47.7 Å². The van der Waals surface area contributed by atoms with Crippen LogP contribution in [0.4, 0.5) is 5.13 Å². The lowest BCUT2D eigenvalue weighted by atomic mass is 10.0. The molecule has 0 radical (unpaired) electrons. The number of anilines is 1. The molecule has 0 aliphatic carbocycles. The van der Waals surface area contributed by atoms with E-state index in [1.165, 1.54) is 0 Å². The highest BCUT2D eigenvalue weighted by atomic mass is 35.5. The molecule has 2 rings (SSSR count). The number of nitrogens with zero attached hydrogens (tertiary/aromatic N) is 3. The largest absolute Gasteiger partial charge is 0.353 e. The van der Waals surface area contributed by atoms with E-state index in [2.05, 4.69) is 23.2 Å². The molecular weight excluding hydrogens is 324 g/mol. The lowest BCUT2D eigenvalue weighted by Crippen LogP contribution is -2.21. The van der Waals surface area contributed by atoms with Crippen molar-refractivity contribution in [1.29, 1.82) is 0 Å². The second-order valence-electron chi connectivity index (χ2n) is 4.94. The first-order valence-corrected chi connectivity index (χ1v) is 8.74. The van der Waals surface area contributed by atoms with Gasteiger partial charge in [-0.15, -0.1) is 10.2 Å². The SMILES string of the molecule is CCC(N)Cc1c(Cl)cccc1Sc1nnc(N(C)C)s1. The quantitative estimate of drug-likeness (QED) is 0.867. The maximum absolute atomic E-state index is 6.34. The zero-order valence-electron chi connectivity index (χ0n) is 12.3. The molecule has 0 aliphatic heterocycles. The van der Waals surface area contributed by atoms with Gasteiger partial charge < -0.3 is 10.6 Å². The summed E-state index contributed by atoms with van der Waals surface area (Å²) >= 11 is 9.51. The topological polar surface area (TPSA) is 55.0 Å². The first kappa shape index (κ1) is 16.5. The number of aromatic nitrogens is 2. The van der Waals surface area contributed by atoms with Crippen LogP contribution in [0, 0.1) is 0 Å². The molecule has 7 heteroatoms. The number of rotatable bonds is 6. The van der Waals surface area contributed by atoms with Gasteiger partial charge in [0.25, 0.3) is 0 Å². The highest BCUT2D eigenvalue weighted by Crippen LogP contribution is 2.37. The minimum atomic E-state index is 0.121. The Labute approximate surface area is 138 Å². The summed E-state index contributed by atoms with van der Waals surface area (Å²) < 4.78 is 0.910. The van der Waals surface area contributed by atoms with Crippen molar-refractivity contribution in [2.24, 2.45) is 5.73 Å². The Hall–Kier alpha value is -0.820. The normalized spacial score (nSPS) is 12.4. The molecule has 114 valence electrons. The fourth-order valence-electron chi connectivity index (χ4n) is 1.76. The standard InChI is InChI=1S/C14H19ClN4S2/c1-4-9(16)8-10-11(15)6-5-7-12(10)20-14-18-17-13(21-14)19(2)3/h5-7,9H,4,8,16H2,1-3H3. The Morgan fingerprint density at radius 3 is 2.76 bits per heavy atom. The summed E-state index contributed by atoms with van der Waals surface area (Å²) in [5.74, 6) is 0. The summed E-state index contributed by atoms with van der Waals surface area (Å²) in [4.78, 5) is 3.06. The fourth-order valence-corrected chi connectivity index (χ4v) is 3.96. The van der Waals surface area contributed by atoms with Crippen LogP contribution in [0.1, 0.15) is 18.9 Å². The molecule has 1 aromatic carbocycles. The minimum Gasteiger partial charge on any atom is -0.353 e. The van der Waals surface area contributed by atoms with Gasteiger partial charge in [-0.05, 0) is 30.5 Å². The number of benzene rings is 1. The molecule has 0 fully saturated rings. The Morgan fingerprint density at radius 2 is 2.14 bits per heavy atom. The summed E-state index contributed by atoms with van der Waals surface area (Å²) in [7, 11) is 3.92. The smallest absolute Gasteiger partial charge is 0.208 e. The van der Waals surface area contributed by atoms with Crippen molar-refractivity contribution in [3.05, 3.63) is 28.8 Å². The Kier molecular flexibility index (Phi) is 5.87. The number of halogens is 1. The third-order valence-corrected chi connectivity index (χ3v) is 5.64. The molecule has 1 atom stereocenters. The van der Waals surface area contributed by atoms with Gasteiger partial charge in [0.1, 0.15) is 0 Å². The van der Waals surface area contributed by atoms with Crippen LogP contribution in [0.2, 0.25) is 5.02 Å². The molecule has 0 bridgehead atoms. The van der Waals surface area contributed by atoms with Crippen molar-refractivity contribution >= 4 is 39.8 Å². The highest BCUT2D eigenvalue weighted by Gasteiger charge is 2.14. The first-order valence-electron chi connectivity index (χ1n) is 6.73. The molecule has 0 saturated carbocycles. The molecule has 0 aliphatic rings. The van der Waals surface area contributed by atoms with Crippen LogP contribution in [0.5, 0.6) is 0 Å². The van der Waals surface area contributed by atoms with E-state index in [9.17, 15) is 0 Å². The van der Waals surface area contributed by atoms with Gasteiger partial charge >= 0.3 is 0 Å². The van der Waals surface area contributed by atoms with Gasteiger partial charge in [0.15, 0.2) is 4.34 Å². The zero-order valence-corrected chi connectivity index (χ0v) is 14.7. The van der Waals surface area contributed by atoms with Crippen molar-refractivity contribution in [2.75, 3.05) is 19.0 Å². The molecule has 1 heterocycles. The molecule has 21 heavy (non-hydrogen) atoms. The zero-order chi connectivity index (χ0) is 15.4. The van der Waals surface area contributed by atoms with Gasteiger partial charge in [0.05, 0.1) is 0 Å². The molecule has 0 saturated heterocycles. The van der Waals surface area contributed by atoms with Crippen LogP contribution >= 0.6 is 34.7 Å². The minimum absolute atomic E-state index is 0.121. The maximum atomic E-state index is 6.34. The molecule has 2 aromatic rings. The van der Waals surface area contributed by atoms with Crippen LogP contribution < -0.4 is 10.6 Å². The summed E-state index contributed by atoms with van der Waals surface area (Å²) in [5.41, 5.74) is 7.18. The van der Waals surface area contributed by atoms with Crippen LogP contribution in [0.25, 0.3) is 0 Å². The molecule has 4 nitrogen and oxygen atoms in total. The van der Waals surface area contributed by atoms with Gasteiger partial charge in [-0.25, -0.2) is 0 Å². The Balaban J connectivity index is 2.24. The lowest BCUT2D eigenvalue weighted by molar-refractivity contribution is 0.641. The van der Waals surface area contributed by atoms with E-state index < -0.39 is 0 Å². The summed E-state index contributed by atoms with van der Waals surface area (Å²) in [6.07, 6.45) is 1.71. The predicted octanol–water partition coefficient (Wildman–Crippen LogP) is 3.69. The molecule has 2 N–H and O–H groups in total. The van der Waals surface area contributed by atoms with Gasteiger partial charge in [0, 0.05) is 30.1 Å². The average Bonchev–Trinajstić information content (AvgIpc) is 2.91. The third-order valence-electron chi connectivity index (χ3n) is 3.04. The second kappa shape index (κ2) is 7.45. The van der Waals surface area contributed by atoms with Gasteiger partial charge in [0.2, 0.25) is 5.13 Å². The van der Waals surface area contributed by atoms with E-state index in [0.29, 0.717) is 0 Å². The summed E-state index contributed by atoms with van der Waals surface area (Å²) in [5, 5.41) is 10.0. The van der Waals surface area contributed by atoms with E-state index in [4.69, 9.17) is 17.3 Å². The monoisotopic (exact) mass is 342 g/mol. The maximum Gasteiger partial charge on any atom is 0.208 e. The van der Waals surface area contributed by atoms with Gasteiger partial charge in [-0.3, -0.25) is 0 Å². The van der Waals surface area contributed by atoms with Crippen molar-refractivity contribution in [3.63, 3.8) is 0 Å². The van der Waals surface area contributed by atoms with E-state index in [1.807, 2.05) is 31.1 Å². The van der Waals surface area contributed by atoms with E-state index in [-0.39, 0.29) is 6.04 Å². The predicted molar refractivity (Wildman–Crippen MR) is 91.8 cm³/mol. The van der Waals surface area contributed by atoms with Crippen molar-refractivity contribution < 1.29 is 0 Å².